The third-order valence-corrected chi connectivity index (χ3v) is 3.54. The van der Waals surface area contributed by atoms with Crippen molar-refractivity contribution in [1.82, 2.24) is 5.32 Å². The first kappa shape index (κ1) is 11.3. The molecular weight excluding hydrogens is 194 g/mol. The van der Waals surface area contributed by atoms with Gasteiger partial charge >= 0.3 is 0 Å². The largest absolute Gasteiger partial charge is 0.386 e. The number of ether oxygens (including phenoxy) is 2. The van der Waals surface area contributed by atoms with Crippen molar-refractivity contribution < 1.29 is 14.6 Å². The van der Waals surface area contributed by atoms with E-state index < -0.39 is 5.60 Å². The Balaban J connectivity index is 1.73. The van der Waals surface area contributed by atoms with E-state index in [0.717, 1.165) is 26.2 Å². The molecule has 2 atom stereocenters. The van der Waals surface area contributed by atoms with Crippen molar-refractivity contribution in [2.75, 3.05) is 32.9 Å². The molecule has 2 unspecified atom stereocenters. The first-order valence-corrected chi connectivity index (χ1v) is 5.67. The second kappa shape index (κ2) is 4.01. The van der Waals surface area contributed by atoms with Crippen LogP contribution in [-0.2, 0) is 9.47 Å². The van der Waals surface area contributed by atoms with Crippen LogP contribution < -0.4 is 5.32 Å². The van der Waals surface area contributed by atoms with E-state index in [9.17, 15) is 5.11 Å². The zero-order valence-electron chi connectivity index (χ0n) is 9.58. The minimum absolute atomic E-state index is 0.0598. The fraction of sp³-hybridized carbons (Fsp3) is 1.00. The Morgan fingerprint density at radius 1 is 1.40 bits per heavy atom. The van der Waals surface area contributed by atoms with Crippen LogP contribution in [0.1, 0.15) is 20.3 Å². The third-order valence-electron chi connectivity index (χ3n) is 3.54. The summed E-state index contributed by atoms with van der Waals surface area (Å²) in [5.74, 6) is 0. The van der Waals surface area contributed by atoms with Gasteiger partial charge in [-0.1, -0.05) is 6.92 Å². The maximum Gasteiger partial charge on any atom is 0.105 e. The van der Waals surface area contributed by atoms with Crippen LogP contribution >= 0.6 is 0 Å². The van der Waals surface area contributed by atoms with E-state index in [0.29, 0.717) is 13.2 Å². The number of hydrogen-bond donors (Lipinski definition) is 2. The first-order chi connectivity index (χ1) is 7.04. The molecule has 4 nitrogen and oxygen atoms in total. The van der Waals surface area contributed by atoms with Crippen molar-refractivity contribution in [2.24, 2.45) is 5.41 Å². The summed E-state index contributed by atoms with van der Waals surface area (Å²) in [5, 5.41) is 13.6. The van der Waals surface area contributed by atoms with Crippen LogP contribution in [0.2, 0.25) is 0 Å². The van der Waals surface area contributed by atoms with Crippen LogP contribution in [0.15, 0.2) is 0 Å². The van der Waals surface area contributed by atoms with Gasteiger partial charge in [0.05, 0.1) is 19.3 Å². The van der Waals surface area contributed by atoms with Gasteiger partial charge in [0.2, 0.25) is 0 Å². The number of aliphatic hydroxyl groups is 1. The molecule has 2 fully saturated rings. The second-order valence-electron chi connectivity index (χ2n) is 5.27. The Morgan fingerprint density at radius 3 is 2.60 bits per heavy atom. The average Bonchev–Trinajstić information content (AvgIpc) is 2.45. The molecule has 2 N–H and O–H groups in total. The lowest BCUT2D eigenvalue weighted by molar-refractivity contribution is -0.102. The smallest absolute Gasteiger partial charge is 0.105 e. The fourth-order valence-corrected chi connectivity index (χ4v) is 2.14. The quantitative estimate of drug-likeness (QED) is 0.701. The lowest BCUT2D eigenvalue weighted by Gasteiger charge is -2.39. The Hall–Kier alpha value is -0.160. The van der Waals surface area contributed by atoms with Gasteiger partial charge in [0.1, 0.15) is 5.60 Å². The molecule has 0 aliphatic carbocycles. The molecule has 2 aliphatic heterocycles. The zero-order valence-corrected chi connectivity index (χ0v) is 9.58. The monoisotopic (exact) mass is 215 g/mol. The molecule has 0 saturated carbocycles. The molecule has 15 heavy (non-hydrogen) atoms. The minimum atomic E-state index is -0.680. The summed E-state index contributed by atoms with van der Waals surface area (Å²) < 4.78 is 10.6. The van der Waals surface area contributed by atoms with Gasteiger partial charge < -0.3 is 19.9 Å². The van der Waals surface area contributed by atoms with E-state index in [1.807, 2.05) is 6.92 Å². The molecular formula is C11H21NO3. The van der Waals surface area contributed by atoms with Crippen LogP contribution in [0, 0.1) is 5.41 Å². The predicted octanol–water partition coefficient (Wildman–Crippen LogP) is 0.152. The molecule has 4 heteroatoms. The van der Waals surface area contributed by atoms with Gasteiger partial charge in [-0.15, -0.1) is 0 Å². The van der Waals surface area contributed by atoms with E-state index >= 15 is 0 Å². The van der Waals surface area contributed by atoms with Crippen molar-refractivity contribution in [1.29, 1.82) is 0 Å². The summed E-state index contributed by atoms with van der Waals surface area (Å²) in [4.78, 5) is 0. The summed E-state index contributed by atoms with van der Waals surface area (Å²) in [6.45, 7) is 7.96. The van der Waals surface area contributed by atoms with Gasteiger partial charge in [-0.25, -0.2) is 0 Å². The molecule has 0 spiro atoms. The highest BCUT2D eigenvalue weighted by Crippen LogP contribution is 2.27. The highest BCUT2D eigenvalue weighted by atomic mass is 16.5. The molecule has 88 valence electrons. The Morgan fingerprint density at radius 2 is 2.13 bits per heavy atom. The van der Waals surface area contributed by atoms with Gasteiger partial charge in [-0.05, 0) is 6.92 Å². The summed E-state index contributed by atoms with van der Waals surface area (Å²) in [6.07, 6.45) is 0.671. The summed E-state index contributed by atoms with van der Waals surface area (Å²) >= 11 is 0. The lowest BCUT2D eigenvalue weighted by Crippen LogP contribution is -2.52. The van der Waals surface area contributed by atoms with Crippen molar-refractivity contribution in [2.45, 2.75) is 32.0 Å². The number of nitrogens with one attached hydrogen (secondary N) is 1. The van der Waals surface area contributed by atoms with E-state index in [1.54, 1.807) is 0 Å². The Kier molecular flexibility index (Phi) is 3.03. The second-order valence-corrected chi connectivity index (χ2v) is 5.27. The fourth-order valence-electron chi connectivity index (χ4n) is 2.14. The molecule has 0 radical (unpaired) electrons. The molecule has 0 aromatic rings. The molecule has 0 aromatic heterocycles. The van der Waals surface area contributed by atoms with Gasteiger partial charge in [-0.2, -0.15) is 0 Å². The molecule has 0 bridgehead atoms. The summed E-state index contributed by atoms with van der Waals surface area (Å²) in [6, 6.07) is 0. The molecule has 0 amide bonds. The SMILES string of the molecule is CC1OCCC1(O)CNCC1(C)COC1. The maximum absolute atomic E-state index is 10.2. The van der Waals surface area contributed by atoms with Crippen molar-refractivity contribution in [3.63, 3.8) is 0 Å². The minimum Gasteiger partial charge on any atom is -0.386 e. The lowest BCUT2D eigenvalue weighted by atomic mass is 9.88. The Labute approximate surface area is 90.9 Å². The first-order valence-electron chi connectivity index (χ1n) is 5.67. The van der Waals surface area contributed by atoms with Crippen LogP contribution in [0.25, 0.3) is 0 Å². The molecule has 2 heterocycles. The molecule has 2 aliphatic rings. The number of hydrogen-bond acceptors (Lipinski definition) is 4. The van der Waals surface area contributed by atoms with E-state index in [4.69, 9.17) is 9.47 Å². The standard InChI is InChI=1S/C11H21NO3/c1-9-11(13,3-4-15-9)6-12-5-10(2)7-14-8-10/h9,12-13H,3-8H2,1-2H3. The molecule has 2 rings (SSSR count). The van der Waals surface area contributed by atoms with E-state index in [1.165, 1.54) is 0 Å². The van der Waals surface area contributed by atoms with E-state index in [-0.39, 0.29) is 11.5 Å². The third kappa shape index (κ3) is 2.33. The van der Waals surface area contributed by atoms with Gasteiger partial charge in [0, 0.05) is 31.5 Å². The average molecular weight is 215 g/mol. The number of rotatable bonds is 4. The Bertz CT molecular complexity index is 230. The molecule has 2 saturated heterocycles. The molecule has 0 aromatic carbocycles. The van der Waals surface area contributed by atoms with Gasteiger partial charge in [-0.3, -0.25) is 0 Å². The van der Waals surface area contributed by atoms with E-state index in [2.05, 4.69) is 12.2 Å². The zero-order chi connectivity index (χ0) is 10.9. The van der Waals surface area contributed by atoms with Crippen molar-refractivity contribution >= 4 is 0 Å². The van der Waals surface area contributed by atoms with Gasteiger partial charge in [0.15, 0.2) is 0 Å². The van der Waals surface area contributed by atoms with Crippen molar-refractivity contribution in [3.05, 3.63) is 0 Å². The van der Waals surface area contributed by atoms with Crippen LogP contribution in [0.3, 0.4) is 0 Å². The highest BCUT2D eigenvalue weighted by Gasteiger charge is 2.40. The van der Waals surface area contributed by atoms with Gasteiger partial charge in [0.25, 0.3) is 0 Å². The predicted molar refractivity (Wildman–Crippen MR) is 56.8 cm³/mol. The highest BCUT2D eigenvalue weighted by molar-refractivity contribution is 4.93. The van der Waals surface area contributed by atoms with Crippen molar-refractivity contribution in [3.8, 4) is 0 Å². The van der Waals surface area contributed by atoms with Crippen LogP contribution in [-0.4, -0.2) is 49.7 Å². The van der Waals surface area contributed by atoms with Crippen LogP contribution in [0.4, 0.5) is 0 Å². The summed E-state index contributed by atoms with van der Waals surface area (Å²) in [5.41, 5.74) is -0.417. The topological polar surface area (TPSA) is 50.7 Å². The maximum atomic E-state index is 10.2. The normalized spacial score (nSPS) is 39.0. The summed E-state index contributed by atoms with van der Waals surface area (Å²) in [7, 11) is 0. The van der Waals surface area contributed by atoms with Crippen LogP contribution in [0.5, 0.6) is 0 Å².